The Morgan fingerprint density at radius 2 is 1.88 bits per heavy atom. The molecule has 26 heavy (non-hydrogen) atoms. The molecule has 2 N–H and O–H groups in total. The van der Waals surface area contributed by atoms with Crippen molar-refractivity contribution in [3.8, 4) is 0 Å². The molecule has 1 aliphatic heterocycles. The van der Waals surface area contributed by atoms with Gasteiger partial charge in [-0.3, -0.25) is 19.1 Å². The van der Waals surface area contributed by atoms with Crippen LogP contribution in [0.2, 0.25) is 10.0 Å². The summed E-state index contributed by atoms with van der Waals surface area (Å²) in [7, 11) is 0. The Hall–Kier alpha value is -1.83. The van der Waals surface area contributed by atoms with Gasteiger partial charge in [0.1, 0.15) is 6.54 Å². The minimum Gasteiger partial charge on any atom is -0.353 e. The van der Waals surface area contributed by atoms with E-state index in [-0.39, 0.29) is 33.4 Å². The average Bonchev–Trinajstić information content (AvgIpc) is 2.58. The molecule has 0 unspecified atom stereocenters. The fourth-order valence-electron chi connectivity index (χ4n) is 3.23. The zero-order valence-electron chi connectivity index (χ0n) is 14.2. The van der Waals surface area contributed by atoms with Crippen molar-refractivity contribution in [3.05, 3.63) is 43.0 Å². The Kier molecular flexibility index (Phi) is 6.01. The summed E-state index contributed by atoms with van der Waals surface area (Å²) in [5.74, 6) is -0.312. The summed E-state index contributed by atoms with van der Waals surface area (Å²) in [4.78, 5) is 40.9. The summed E-state index contributed by atoms with van der Waals surface area (Å²) < 4.78 is 1.17. The van der Waals surface area contributed by atoms with E-state index in [1.54, 1.807) is 0 Å². The molecule has 1 amide bonds. The van der Waals surface area contributed by atoms with Gasteiger partial charge in [0.05, 0.1) is 15.9 Å². The lowest BCUT2D eigenvalue weighted by Gasteiger charge is -2.26. The Bertz CT molecular complexity index is 932. The van der Waals surface area contributed by atoms with Gasteiger partial charge in [-0.1, -0.05) is 29.6 Å². The van der Waals surface area contributed by atoms with Crippen molar-refractivity contribution in [3.63, 3.8) is 0 Å². The first-order valence-corrected chi connectivity index (χ1v) is 9.32. The molecule has 2 aromatic rings. The van der Waals surface area contributed by atoms with E-state index in [0.717, 1.165) is 19.6 Å². The number of aromatic nitrogens is 2. The molecule has 140 valence electrons. The normalized spacial score (nSPS) is 15.3. The van der Waals surface area contributed by atoms with Crippen LogP contribution in [0.3, 0.4) is 0 Å². The number of hydrogen-bond donors (Lipinski definition) is 2. The smallest absolute Gasteiger partial charge is 0.329 e. The Morgan fingerprint density at radius 3 is 2.62 bits per heavy atom. The maximum atomic E-state index is 12.3. The Morgan fingerprint density at radius 1 is 1.15 bits per heavy atom. The van der Waals surface area contributed by atoms with Gasteiger partial charge in [0.2, 0.25) is 5.91 Å². The molecule has 0 radical (unpaired) electrons. The molecule has 1 aliphatic rings. The van der Waals surface area contributed by atoms with Crippen molar-refractivity contribution in [2.45, 2.75) is 25.8 Å². The topological polar surface area (TPSA) is 87.2 Å². The molecule has 9 heteroatoms. The van der Waals surface area contributed by atoms with Gasteiger partial charge in [-0.05, 0) is 38.1 Å². The highest BCUT2D eigenvalue weighted by Crippen LogP contribution is 2.24. The third-order valence-electron chi connectivity index (χ3n) is 4.52. The highest BCUT2D eigenvalue weighted by atomic mass is 35.5. The molecule has 1 aromatic carbocycles. The van der Waals surface area contributed by atoms with Crippen LogP contribution in [0, 0.1) is 0 Å². The largest absolute Gasteiger partial charge is 0.353 e. The standard InChI is InChI=1S/C17H20Cl2N4O3/c18-11-8-12(19)15-13(9-11)23(17(26)21-16(15)25)10-14(24)20-4-7-22-5-2-1-3-6-22/h8-9H,1-7,10H2,(H,20,24)(H,21,25,26). The number of carbonyl (C=O) groups is 1. The fourth-order valence-corrected chi connectivity index (χ4v) is 3.80. The number of amides is 1. The van der Waals surface area contributed by atoms with Crippen LogP contribution in [0.1, 0.15) is 19.3 Å². The highest BCUT2D eigenvalue weighted by Gasteiger charge is 2.15. The first kappa shape index (κ1) is 18.9. The van der Waals surface area contributed by atoms with E-state index in [0.29, 0.717) is 6.54 Å². The second-order valence-corrected chi connectivity index (χ2v) is 7.22. The third-order valence-corrected chi connectivity index (χ3v) is 5.03. The zero-order valence-corrected chi connectivity index (χ0v) is 15.7. The molecule has 0 aliphatic carbocycles. The number of likely N-dealkylation sites (tertiary alicyclic amines) is 1. The number of aromatic amines is 1. The number of fused-ring (bicyclic) bond motifs is 1. The molecular formula is C17H20Cl2N4O3. The van der Waals surface area contributed by atoms with Crippen LogP contribution < -0.4 is 16.6 Å². The molecule has 7 nitrogen and oxygen atoms in total. The summed E-state index contributed by atoms with van der Waals surface area (Å²) in [6, 6.07) is 2.88. The molecule has 0 atom stereocenters. The fraction of sp³-hybridized carbons (Fsp3) is 0.471. The van der Waals surface area contributed by atoms with E-state index in [2.05, 4.69) is 15.2 Å². The maximum Gasteiger partial charge on any atom is 0.329 e. The van der Waals surface area contributed by atoms with Gasteiger partial charge < -0.3 is 10.2 Å². The summed E-state index contributed by atoms with van der Waals surface area (Å²) in [6.07, 6.45) is 3.64. The van der Waals surface area contributed by atoms with Gasteiger partial charge in [-0.25, -0.2) is 4.79 Å². The lowest BCUT2D eigenvalue weighted by molar-refractivity contribution is -0.121. The number of piperidine rings is 1. The number of nitrogens with zero attached hydrogens (tertiary/aromatic N) is 2. The molecule has 3 rings (SSSR count). The number of rotatable bonds is 5. The molecule has 1 fully saturated rings. The van der Waals surface area contributed by atoms with Crippen molar-refractivity contribution in [2.24, 2.45) is 0 Å². The van der Waals surface area contributed by atoms with Crippen LogP contribution in [-0.2, 0) is 11.3 Å². The van der Waals surface area contributed by atoms with Gasteiger partial charge >= 0.3 is 5.69 Å². The van der Waals surface area contributed by atoms with Gasteiger partial charge in [0.15, 0.2) is 0 Å². The molecule has 1 saturated heterocycles. The number of benzene rings is 1. The second-order valence-electron chi connectivity index (χ2n) is 6.38. The van der Waals surface area contributed by atoms with E-state index in [1.165, 1.54) is 36.0 Å². The molecule has 0 spiro atoms. The summed E-state index contributed by atoms with van der Waals surface area (Å²) in [6.45, 7) is 3.18. The number of H-pyrrole nitrogens is 1. The predicted molar refractivity (Wildman–Crippen MR) is 102 cm³/mol. The molecule has 0 saturated carbocycles. The highest BCUT2D eigenvalue weighted by molar-refractivity contribution is 6.38. The lowest BCUT2D eigenvalue weighted by atomic mass is 10.1. The van der Waals surface area contributed by atoms with Crippen molar-refractivity contribution in [1.29, 1.82) is 0 Å². The average molecular weight is 399 g/mol. The Labute approximate surface area is 159 Å². The van der Waals surface area contributed by atoms with Gasteiger partial charge in [0, 0.05) is 18.1 Å². The monoisotopic (exact) mass is 398 g/mol. The number of carbonyl (C=O) groups excluding carboxylic acids is 1. The first-order chi connectivity index (χ1) is 12.5. The van der Waals surface area contributed by atoms with E-state index in [1.807, 2.05) is 0 Å². The van der Waals surface area contributed by atoms with Crippen molar-refractivity contribution in [2.75, 3.05) is 26.2 Å². The number of nitrogens with one attached hydrogen (secondary N) is 2. The van der Waals surface area contributed by atoms with Crippen molar-refractivity contribution < 1.29 is 4.79 Å². The van der Waals surface area contributed by atoms with Crippen molar-refractivity contribution in [1.82, 2.24) is 19.8 Å². The van der Waals surface area contributed by atoms with Crippen LogP contribution >= 0.6 is 23.2 Å². The molecule has 1 aromatic heterocycles. The van der Waals surface area contributed by atoms with Gasteiger partial charge in [-0.2, -0.15) is 0 Å². The van der Waals surface area contributed by atoms with Gasteiger partial charge in [0.25, 0.3) is 5.56 Å². The lowest BCUT2D eigenvalue weighted by Crippen LogP contribution is -2.40. The number of halogens is 2. The molecule has 2 heterocycles. The quantitative estimate of drug-likeness (QED) is 0.800. The zero-order chi connectivity index (χ0) is 18.7. The minimum atomic E-state index is -0.674. The van der Waals surface area contributed by atoms with E-state index < -0.39 is 11.2 Å². The SMILES string of the molecule is O=C(Cn1c(=O)[nH]c(=O)c2c(Cl)cc(Cl)cc21)NCCN1CCCCC1. The first-order valence-electron chi connectivity index (χ1n) is 8.56. The second kappa shape index (κ2) is 8.24. The van der Waals surface area contributed by atoms with E-state index in [9.17, 15) is 14.4 Å². The number of hydrogen-bond acceptors (Lipinski definition) is 4. The van der Waals surface area contributed by atoms with Crippen LogP contribution in [0.4, 0.5) is 0 Å². The predicted octanol–water partition coefficient (Wildman–Crippen LogP) is 1.60. The van der Waals surface area contributed by atoms with Crippen LogP contribution in [0.15, 0.2) is 21.7 Å². The maximum absolute atomic E-state index is 12.3. The van der Waals surface area contributed by atoms with E-state index >= 15 is 0 Å². The summed E-state index contributed by atoms with van der Waals surface area (Å²) in [5.41, 5.74) is -1.04. The minimum absolute atomic E-state index is 0.132. The third kappa shape index (κ3) is 4.28. The summed E-state index contributed by atoms with van der Waals surface area (Å²) in [5, 5.41) is 3.37. The molecule has 0 bridgehead atoms. The van der Waals surface area contributed by atoms with Gasteiger partial charge in [-0.15, -0.1) is 0 Å². The van der Waals surface area contributed by atoms with Crippen LogP contribution in [0.5, 0.6) is 0 Å². The van der Waals surface area contributed by atoms with Crippen molar-refractivity contribution >= 4 is 40.0 Å². The summed E-state index contributed by atoms with van der Waals surface area (Å²) >= 11 is 12.1. The Balaban J connectivity index is 1.74. The van der Waals surface area contributed by atoms with Crippen LogP contribution in [0.25, 0.3) is 10.9 Å². The van der Waals surface area contributed by atoms with Crippen LogP contribution in [-0.4, -0.2) is 46.5 Å². The molecular weight excluding hydrogens is 379 g/mol. The van der Waals surface area contributed by atoms with E-state index in [4.69, 9.17) is 23.2 Å².